The first-order valence-corrected chi connectivity index (χ1v) is 5.60. The Bertz CT molecular complexity index is 183. The summed E-state index contributed by atoms with van der Waals surface area (Å²) in [6.45, 7) is 8.21. The molecule has 0 radical (unpaired) electrons. The standard InChI is InChI=1S/C11H21NO2.ClH/c1-11(2)7-12-10(14-8-11)9-3-5-13-6-4-9;/h9-10,12H,3-8H2,1-2H3;1H. The monoisotopic (exact) mass is 235 g/mol. The highest BCUT2D eigenvalue weighted by atomic mass is 35.5. The molecule has 1 atom stereocenters. The second-order valence-electron chi connectivity index (χ2n) is 5.23. The summed E-state index contributed by atoms with van der Waals surface area (Å²) in [6.07, 6.45) is 2.54. The lowest BCUT2D eigenvalue weighted by molar-refractivity contribution is -0.104. The van der Waals surface area contributed by atoms with E-state index in [1.807, 2.05) is 0 Å². The van der Waals surface area contributed by atoms with Crippen LogP contribution in [0.4, 0.5) is 0 Å². The van der Waals surface area contributed by atoms with E-state index >= 15 is 0 Å². The first-order chi connectivity index (χ1) is 6.67. The molecule has 0 saturated carbocycles. The average Bonchev–Trinajstić information content (AvgIpc) is 2.19. The van der Waals surface area contributed by atoms with E-state index in [4.69, 9.17) is 9.47 Å². The zero-order chi connectivity index (χ0) is 10.0. The molecule has 0 aliphatic carbocycles. The van der Waals surface area contributed by atoms with Gasteiger partial charge in [0.05, 0.1) is 6.61 Å². The molecule has 0 aromatic rings. The first-order valence-electron chi connectivity index (χ1n) is 5.60. The summed E-state index contributed by atoms with van der Waals surface area (Å²) < 4.78 is 11.2. The van der Waals surface area contributed by atoms with E-state index in [0.717, 1.165) is 39.2 Å². The molecule has 90 valence electrons. The summed E-state index contributed by atoms with van der Waals surface area (Å²) in [5, 5.41) is 3.50. The second-order valence-corrected chi connectivity index (χ2v) is 5.23. The van der Waals surface area contributed by atoms with Crippen molar-refractivity contribution in [3.8, 4) is 0 Å². The molecule has 3 nitrogen and oxygen atoms in total. The number of rotatable bonds is 1. The molecule has 0 aromatic heterocycles. The van der Waals surface area contributed by atoms with E-state index < -0.39 is 0 Å². The Hall–Kier alpha value is 0.170. The van der Waals surface area contributed by atoms with E-state index in [1.54, 1.807) is 0 Å². The van der Waals surface area contributed by atoms with Crippen LogP contribution >= 0.6 is 12.4 Å². The van der Waals surface area contributed by atoms with Gasteiger partial charge in [0.15, 0.2) is 0 Å². The Kier molecular flexibility index (Phi) is 4.84. The van der Waals surface area contributed by atoms with Crippen molar-refractivity contribution in [2.75, 3.05) is 26.4 Å². The molecule has 4 heteroatoms. The minimum atomic E-state index is 0. The van der Waals surface area contributed by atoms with Crippen LogP contribution in [-0.4, -0.2) is 32.6 Å². The molecule has 2 rings (SSSR count). The maximum absolute atomic E-state index is 5.87. The summed E-state index contributed by atoms with van der Waals surface area (Å²) >= 11 is 0. The van der Waals surface area contributed by atoms with Gasteiger partial charge >= 0.3 is 0 Å². The third kappa shape index (κ3) is 3.59. The molecule has 2 saturated heterocycles. The van der Waals surface area contributed by atoms with Crippen LogP contribution in [0.1, 0.15) is 26.7 Å². The Balaban J connectivity index is 0.00000112. The fourth-order valence-corrected chi connectivity index (χ4v) is 2.12. The lowest BCUT2D eigenvalue weighted by atomic mass is 9.90. The maximum Gasteiger partial charge on any atom is 0.111 e. The fraction of sp³-hybridized carbons (Fsp3) is 1.00. The zero-order valence-corrected chi connectivity index (χ0v) is 10.4. The van der Waals surface area contributed by atoms with E-state index in [9.17, 15) is 0 Å². The summed E-state index contributed by atoms with van der Waals surface area (Å²) in [6, 6.07) is 0. The van der Waals surface area contributed by atoms with Gasteiger partial charge in [-0.15, -0.1) is 12.4 Å². The molecule has 2 aliphatic heterocycles. The van der Waals surface area contributed by atoms with Gasteiger partial charge in [-0.25, -0.2) is 0 Å². The number of hydrogen-bond donors (Lipinski definition) is 1. The summed E-state index contributed by atoms with van der Waals surface area (Å²) in [5.74, 6) is 0.653. The van der Waals surface area contributed by atoms with E-state index in [0.29, 0.717) is 11.3 Å². The smallest absolute Gasteiger partial charge is 0.111 e. The minimum Gasteiger partial charge on any atom is -0.381 e. The Morgan fingerprint density at radius 2 is 1.87 bits per heavy atom. The summed E-state index contributed by atoms with van der Waals surface area (Å²) in [7, 11) is 0. The quantitative estimate of drug-likeness (QED) is 0.752. The van der Waals surface area contributed by atoms with E-state index in [2.05, 4.69) is 19.2 Å². The Morgan fingerprint density at radius 3 is 2.40 bits per heavy atom. The molecule has 0 bridgehead atoms. The SMILES string of the molecule is CC1(C)CNC(C2CCOCC2)OC1.Cl. The van der Waals surface area contributed by atoms with E-state index in [-0.39, 0.29) is 18.6 Å². The van der Waals surface area contributed by atoms with Crippen molar-refractivity contribution in [3.05, 3.63) is 0 Å². The zero-order valence-electron chi connectivity index (χ0n) is 9.62. The van der Waals surface area contributed by atoms with Gasteiger partial charge in [-0.05, 0) is 12.8 Å². The molecule has 0 amide bonds. The van der Waals surface area contributed by atoms with Crippen molar-refractivity contribution in [2.24, 2.45) is 11.3 Å². The summed E-state index contributed by atoms with van der Waals surface area (Å²) in [4.78, 5) is 0. The number of nitrogens with one attached hydrogen (secondary N) is 1. The minimum absolute atomic E-state index is 0. The van der Waals surface area contributed by atoms with Crippen LogP contribution in [0.5, 0.6) is 0 Å². The molecule has 15 heavy (non-hydrogen) atoms. The van der Waals surface area contributed by atoms with Crippen LogP contribution < -0.4 is 5.32 Å². The average molecular weight is 236 g/mol. The van der Waals surface area contributed by atoms with Gasteiger partial charge in [0.2, 0.25) is 0 Å². The highest BCUT2D eigenvalue weighted by Crippen LogP contribution is 2.26. The van der Waals surface area contributed by atoms with Crippen LogP contribution in [-0.2, 0) is 9.47 Å². The second kappa shape index (κ2) is 5.48. The third-order valence-corrected chi connectivity index (χ3v) is 3.13. The molecular formula is C11H22ClNO2. The normalized spacial score (nSPS) is 32.0. The Labute approximate surface area is 98.3 Å². The molecule has 2 heterocycles. The van der Waals surface area contributed by atoms with Crippen molar-refractivity contribution in [2.45, 2.75) is 32.9 Å². The topological polar surface area (TPSA) is 30.5 Å². The largest absolute Gasteiger partial charge is 0.381 e. The van der Waals surface area contributed by atoms with Gasteiger partial charge in [-0.2, -0.15) is 0 Å². The fourth-order valence-electron chi connectivity index (χ4n) is 2.12. The van der Waals surface area contributed by atoms with Gasteiger partial charge in [0.25, 0.3) is 0 Å². The molecule has 0 spiro atoms. The number of halogens is 1. The molecule has 0 aromatic carbocycles. The predicted octanol–water partition coefficient (Wildman–Crippen LogP) is 1.81. The Morgan fingerprint density at radius 1 is 1.20 bits per heavy atom. The van der Waals surface area contributed by atoms with Gasteiger partial charge in [0, 0.05) is 31.1 Å². The maximum atomic E-state index is 5.87. The third-order valence-electron chi connectivity index (χ3n) is 3.13. The lowest BCUT2D eigenvalue weighted by Crippen LogP contribution is -2.51. The van der Waals surface area contributed by atoms with Gasteiger partial charge in [-0.1, -0.05) is 13.8 Å². The molecule has 2 aliphatic rings. The summed E-state index contributed by atoms with van der Waals surface area (Å²) in [5.41, 5.74) is 0.293. The van der Waals surface area contributed by atoms with Crippen LogP contribution in [0.25, 0.3) is 0 Å². The van der Waals surface area contributed by atoms with Gasteiger partial charge < -0.3 is 9.47 Å². The van der Waals surface area contributed by atoms with Crippen molar-refractivity contribution >= 4 is 12.4 Å². The number of ether oxygens (including phenoxy) is 2. The van der Waals surface area contributed by atoms with Gasteiger partial charge in [-0.3, -0.25) is 5.32 Å². The van der Waals surface area contributed by atoms with Crippen molar-refractivity contribution in [1.82, 2.24) is 5.32 Å². The molecule has 1 unspecified atom stereocenters. The molecule has 2 fully saturated rings. The molecule has 1 N–H and O–H groups in total. The highest BCUT2D eigenvalue weighted by molar-refractivity contribution is 5.85. The predicted molar refractivity (Wildman–Crippen MR) is 62.3 cm³/mol. The lowest BCUT2D eigenvalue weighted by Gasteiger charge is -2.40. The van der Waals surface area contributed by atoms with Crippen molar-refractivity contribution in [3.63, 3.8) is 0 Å². The van der Waals surface area contributed by atoms with Crippen LogP contribution in [0.2, 0.25) is 0 Å². The van der Waals surface area contributed by atoms with Crippen molar-refractivity contribution in [1.29, 1.82) is 0 Å². The van der Waals surface area contributed by atoms with Crippen molar-refractivity contribution < 1.29 is 9.47 Å². The van der Waals surface area contributed by atoms with E-state index in [1.165, 1.54) is 0 Å². The number of hydrogen-bond acceptors (Lipinski definition) is 3. The highest BCUT2D eigenvalue weighted by Gasteiger charge is 2.32. The van der Waals surface area contributed by atoms with Crippen LogP contribution in [0.15, 0.2) is 0 Å². The molecular weight excluding hydrogens is 214 g/mol. The van der Waals surface area contributed by atoms with Crippen LogP contribution in [0.3, 0.4) is 0 Å². The van der Waals surface area contributed by atoms with Crippen LogP contribution in [0, 0.1) is 11.3 Å². The van der Waals surface area contributed by atoms with Gasteiger partial charge in [0.1, 0.15) is 6.23 Å². The first kappa shape index (κ1) is 13.2.